The quantitative estimate of drug-likeness (QED) is 0.760. The van der Waals surface area contributed by atoms with Gasteiger partial charge in [0.2, 0.25) is 0 Å². The van der Waals surface area contributed by atoms with Crippen LogP contribution in [0.4, 0.5) is 0 Å². The molecule has 3 fully saturated rings. The molecule has 1 heterocycles. The summed E-state index contributed by atoms with van der Waals surface area (Å²) in [6.45, 7) is 4.60. The maximum atomic E-state index is 9.07. The third-order valence-electron chi connectivity index (χ3n) is 5.78. The zero-order valence-corrected chi connectivity index (χ0v) is 11.5. The van der Waals surface area contributed by atoms with E-state index in [1.54, 1.807) is 0 Å². The molecule has 1 aliphatic heterocycles. The van der Waals surface area contributed by atoms with E-state index in [4.69, 9.17) is 9.84 Å². The molecule has 2 aliphatic carbocycles. The van der Waals surface area contributed by atoms with Crippen molar-refractivity contribution in [2.24, 2.45) is 17.3 Å². The van der Waals surface area contributed by atoms with Crippen molar-refractivity contribution in [2.45, 2.75) is 57.6 Å². The van der Waals surface area contributed by atoms with Gasteiger partial charge in [-0.25, -0.2) is 0 Å². The van der Waals surface area contributed by atoms with E-state index in [0.29, 0.717) is 30.1 Å². The van der Waals surface area contributed by atoms with Crippen LogP contribution in [0, 0.1) is 17.3 Å². The summed E-state index contributed by atoms with van der Waals surface area (Å²) >= 11 is 0. The van der Waals surface area contributed by atoms with Gasteiger partial charge in [0.05, 0.1) is 6.10 Å². The number of aliphatic hydroxyl groups excluding tert-OH is 1. The van der Waals surface area contributed by atoms with Crippen LogP contribution in [0.15, 0.2) is 0 Å². The molecule has 0 aromatic heterocycles. The van der Waals surface area contributed by atoms with Gasteiger partial charge in [0.25, 0.3) is 0 Å². The number of ether oxygens (including phenoxy) is 1. The number of rotatable bonds is 6. The van der Waals surface area contributed by atoms with Crippen LogP contribution < -0.4 is 5.32 Å². The lowest BCUT2D eigenvalue weighted by molar-refractivity contribution is -0.176. The molecular formula is C15H27NO2. The maximum Gasteiger partial charge on any atom is 0.0690 e. The van der Waals surface area contributed by atoms with Crippen LogP contribution in [0.25, 0.3) is 0 Å². The molecule has 2 N–H and O–H groups in total. The maximum absolute atomic E-state index is 9.07. The van der Waals surface area contributed by atoms with E-state index in [0.717, 1.165) is 31.9 Å². The summed E-state index contributed by atoms with van der Waals surface area (Å²) in [6.07, 6.45) is 8.04. The van der Waals surface area contributed by atoms with Gasteiger partial charge in [-0.3, -0.25) is 0 Å². The van der Waals surface area contributed by atoms with Gasteiger partial charge in [-0.1, -0.05) is 19.8 Å². The average molecular weight is 253 g/mol. The van der Waals surface area contributed by atoms with Crippen LogP contribution in [-0.2, 0) is 4.74 Å². The topological polar surface area (TPSA) is 41.5 Å². The number of aliphatic hydroxyl groups is 1. The molecule has 3 aliphatic rings. The van der Waals surface area contributed by atoms with E-state index >= 15 is 0 Å². The Labute approximate surface area is 110 Å². The summed E-state index contributed by atoms with van der Waals surface area (Å²) < 4.78 is 5.94. The summed E-state index contributed by atoms with van der Waals surface area (Å²) in [5.74, 6) is 1.41. The van der Waals surface area contributed by atoms with Crippen LogP contribution in [0.2, 0.25) is 0 Å². The summed E-state index contributed by atoms with van der Waals surface area (Å²) in [7, 11) is 0. The van der Waals surface area contributed by atoms with E-state index in [-0.39, 0.29) is 0 Å². The molecule has 4 atom stereocenters. The van der Waals surface area contributed by atoms with Crippen molar-refractivity contribution in [3.05, 3.63) is 0 Å². The lowest BCUT2D eigenvalue weighted by Crippen LogP contribution is -2.71. The van der Waals surface area contributed by atoms with Crippen molar-refractivity contribution in [3.63, 3.8) is 0 Å². The van der Waals surface area contributed by atoms with Gasteiger partial charge in [-0.05, 0) is 38.1 Å². The lowest BCUT2D eigenvalue weighted by Gasteiger charge is -2.63. The molecule has 0 bridgehead atoms. The molecule has 3 rings (SSSR count). The third kappa shape index (κ3) is 1.83. The zero-order chi connectivity index (χ0) is 12.6. The number of hydrogen-bond donors (Lipinski definition) is 2. The van der Waals surface area contributed by atoms with Crippen molar-refractivity contribution < 1.29 is 9.84 Å². The normalized spacial score (nSPS) is 38.0. The monoisotopic (exact) mass is 253 g/mol. The summed E-state index contributed by atoms with van der Waals surface area (Å²) in [4.78, 5) is 0. The molecule has 0 amide bonds. The van der Waals surface area contributed by atoms with Crippen molar-refractivity contribution in [1.29, 1.82) is 0 Å². The number of fused-ring (bicyclic) bond motifs is 2. The minimum atomic E-state index is 0.325. The van der Waals surface area contributed by atoms with E-state index in [9.17, 15) is 0 Å². The van der Waals surface area contributed by atoms with Gasteiger partial charge >= 0.3 is 0 Å². The predicted octanol–water partition coefficient (Wildman–Crippen LogP) is 1.94. The summed E-state index contributed by atoms with van der Waals surface area (Å²) in [5, 5.41) is 12.9. The van der Waals surface area contributed by atoms with Crippen LogP contribution in [0.3, 0.4) is 0 Å². The van der Waals surface area contributed by atoms with Gasteiger partial charge in [-0.2, -0.15) is 0 Å². The molecule has 18 heavy (non-hydrogen) atoms. The molecule has 1 spiro atoms. The Balaban J connectivity index is 1.55. The first kappa shape index (κ1) is 12.9. The Morgan fingerprint density at radius 3 is 2.89 bits per heavy atom. The Bertz CT molecular complexity index is 290. The number of hydrogen-bond acceptors (Lipinski definition) is 3. The lowest BCUT2D eigenvalue weighted by atomic mass is 9.46. The second-order valence-electron chi connectivity index (χ2n) is 6.50. The Hall–Kier alpha value is -0.120. The fraction of sp³-hybridized carbons (Fsp3) is 1.00. The van der Waals surface area contributed by atoms with E-state index in [1.807, 2.05) is 0 Å². The molecule has 3 nitrogen and oxygen atoms in total. The first-order chi connectivity index (χ1) is 8.81. The SMILES string of the molecule is CCC(CCO)CNC1C2CCOC2C12CCC2. The van der Waals surface area contributed by atoms with Gasteiger partial charge in [0.15, 0.2) is 0 Å². The molecule has 1 saturated heterocycles. The highest BCUT2D eigenvalue weighted by molar-refractivity contribution is 5.18. The molecule has 3 heteroatoms. The summed E-state index contributed by atoms with van der Waals surface area (Å²) in [5.41, 5.74) is 0.499. The molecule has 0 radical (unpaired) electrons. The first-order valence-electron chi connectivity index (χ1n) is 7.77. The van der Waals surface area contributed by atoms with Crippen molar-refractivity contribution in [3.8, 4) is 0 Å². The molecule has 4 unspecified atom stereocenters. The molecule has 0 aromatic carbocycles. The highest BCUT2D eigenvalue weighted by Gasteiger charge is 2.66. The molecular weight excluding hydrogens is 226 g/mol. The van der Waals surface area contributed by atoms with Crippen molar-refractivity contribution in [2.75, 3.05) is 19.8 Å². The smallest absolute Gasteiger partial charge is 0.0690 e. The minimum absolute atomic E-state index is 0.325. The minimum Gasteiger partial charge on any atom is -0.396 e. The van der Waals surface area contributed by atoms with Crippen molar-refractivity contribution in [1.82, 2.24) is 5.32 Å². The fourth-order valence-electron chi connectivity index (χ4n) is 4.49. The van der Waals surface area contributed by atoms with Crippen LogP contribution in [0.5, 0.6) is 0 Å². The zero-order valence-electron chi connectivity index (χ0n) is 11.5. The fourth-order valence-corrected chi connectivity index (χ4v) is 4.49. The van der Waals surface area contributed by atoms with Crippen LogP contribution in [0.1, 0.15) is 45.4 Å². The second kappa shape index (κ2) is 5.10. The van der Waals surface area contributed by atoms with Crippen molar-refractivity contribution >= 4 is 0 Å². The summed E-state index contributed by atoms with van der Waals surface area (Å²) in [6, 6.07) is 0.700. The standard InChI is InChI=1S/C15H27NO2/c1-2-11(4-8-17)10-16-13-12-5-9-18-14(12)15(13)6-3-7-15/h11-14,16-17H,2-10H2,1H3. The highest BCUT2D eigenvalue weighted by atomic mass is 16.5. The average Bonchev–Trinajstić information content (AvgIpc) is 2.71. The van der Waals surface area contributed by atoms with Gasteiger partial charge in [0, 0.05) is 30.6 Å². The van der Waals surface area contributed by atoms with Gasteiger partial charge in [-0.15, -0.1) is 0 Å². The number of nitrogens with one attached hydrogen (secondary N) is 1. The molecule has 104 valence electrons. The first-order valence-corrected chi connectivity index (χ1v) is 7.77. The second-order valence-corrected chi connectivity index (χ2v) is 6.50. The predicted molar refractivity (Wildman–Crippen MR) is 71.4 cm³/mol. The van der Waals surface area contributed by atoms with Crippen LogP contribution >= 0.6 is 0 Å². The Morgan fingerprint density at radius 1 is 1.44 bits per heavy atom. The largest absolute Gasteiger partial charge is 0.396 e. The Kier molecular flexibility index (Phi) is 3.65. The van der Waals surface area contributed by atoms with E-state index in [2.05, 4.69) is 12.2 Å². The van der Waals surface area contributed by atoms with E-state index in [1.165, 1.54) is 25.7 Å². The highest BCUT2D eigenvalue weighted by Crippen LogP contribution is 2.62. The molecule has 2 saturated carbocycles. The third-order valence-corrected chi connectivity index (χ3v) is 5.78. The van der Waals surface area contributed by atoms with Crippen LogP contribution in [-0.4, -0.2) is 37.0 Å². The van der Waals surface area contributed by atoms with Gasteiger partial charge < -0.3 is 15.2 Å². The Morgan fingerprint density at radius 2 is 2.28 bits per heavy atom. The van der Waals surface area contributed by atoms with Gasteiger partial charge in [0.1, 0.15) is 0 Å². The molecule has 0 aromatic rings. The van der Waals surface area contributed by atoms with E-state index < -0.39 is 0 Å².